The molecule has 1 aliphatic heterocycles. The van der Waals surface area contributed by atoms with Gasteiger partial charge in [-0.2, -0.15) is 5.26 Å². The zero-order valence-electron chi connectivity index (χ0n) is 15.3. The molecule has 3 rings (SSSR count). The highest BCUT2D eigenvalue weighted by molar-refractivity contribution is 5.85. The van der Waals surface area contributed by atoms with Crippen LogP contribution in [0.1, 0.15) is 44.7 Å². The van der Waals surface area contributed by atoms with Crippen molar-refractivity contribution in [3.05, 3.63) is 30.0 Å². The molecule has 2 aromatic rings. The second-order valence-corrected chi connectivity index (χ2v) is 6.82. The number of carbonyl (C=O) groups is 1. The molecule has 1 aromatic heterocycles. The summed E-state index contributed by atoms with van der Waals surface area (Å²) >= 11 is 0. The first kappa shape index (κ1) is 18.1. The van der Waals surface area contributed by atoms with E-state index in [2.05, 4.69) is 16.0 Å². The zero-order chi connectivity index (χ0) is 18.5. The van der Waals surface area contributed by atoms with E-state index in [1.807, 2.05) is 38.1 Å². The molecule has 1 fully saturated rings. The Labute approximate surface area is 153 Å². The Morgan fingerprint density at radius 3 is 2.54 bits per heavy atom. The van der Waals surface area contributed by atoms with Crippen LogP contribution in [0.2, 0.25) is 0 Å². The van der Waals surface area contributed by atoms with Crippen LogP contribution in [0.25, 0.3) is 11.0 Å². The summed E-state index contributed by atoms with van der Waals surface area (Å²) in [6.07, 6.45) is 3.06. The Kier molecular flexibility index (Phi) is 5.67. The number of nitriles is 1. The van der Waals surface area contributed by atoms with E-state index in [1.165, 1.54) is 0 Å². The average molecular weight is 352 g/mol. The van der Waals surface area contributed by atoms with Gasteiger partial charge in [0, 0.05) is 13.1 Å². The van der Waals surface area contributed by atoms with Gasteiger partial charge in [-0.3, -0.25) is 4.79 Å². The number of hydrogen-bond donors (Lipinski definition) is 0. The SMILES string of the molecule is CC[C@@H](C)COC(=O)[C@@H](C#N)c1nc2ccccc2nc1N1CCCC1. The van der Waals surface area contributed by atoms with E-state index in [9.17, 15) is 10.1 Å². The number of rotatable bonds is 6. The monoisotopic (exact) mass is 352 g/mol. The Bertz CT molecular complexity index is 824. The lowest BCUT2D eigenvalue weighted by atomic mass is 10.1. The van der Waals surface area contributed by atoms with Gasteiger partial charge in [0.2, 0.25) is 0 Å². The first-order chi connectivity index (χ1) is 12.6. The van der Waals surface area contributed by atoms with Crippen LogP contribution < -0.4 is 4.90 Å². The molecule has 0 saturated carbocycles. The molecule has 1 aromatic carbocycles. The van der Waals surface area contributed by atoms with Crippen LogP contribution in [0, 0.1) is 17.2 Å². The summed E-state index contributed by atoms with van der Waals surface area (Å²) in [7, 11) is 0. The third-order valence-electron chi connectivity index (χ3n) is 4.83. The molecule has 6 heteroatoms. The summed E-state index contributed by atoms with van der Waals surface area (Å²) in [5.41, 5.74) is 1.85. The van der Waals surface area contributed by atoms with Crippen molar-refractivity contribution in [2.24, 2.45) is 5.92 Å². The van der Waals surface area contributed by atoms with Crippen molar-refractivity contribution in [2.45, 2.75) is 39.0 Å². The van der Waals surface area contributed by atoms with Crippen LogP contribution >= 0.6 is 0 Å². The van der Waals surface area contributed by atoms with Crippen molar-refractivity contribution >= 4 is 22.8 Å². The Balaban J connectivity index is 1.98. The lowest BCUT2D eigenvalue weighted by molar-refractivity contribution is -0.145. The van der Waals surface area contributed by atoms with Gasteiger partial charge in [0.1, 0.15) is 5.69 Å². The summed E-state index contributed by atoms with van der Waals surface area (Å²) in [5.74, 6) is -0.711. The lowest BCUT2D eigenvalue weighted by Crippen LogP contribution is -2.25. The molecule has 2 heterocycles. The number of nitrogens with zero attached hydrogens (tertiary/aromatic N) is 4. The molecule has 6 nitrogen and oxygen atoms in total. The molecule has 136 valence electrons. The van der Waals surface area contributed by atoms with Gasteiger partial charge >= 0.3 is 5.97 Å². The van der Waals surface area contributed by atoms with Crippen molar-refractivity contribution in [3.8, 4) is 6.07 Å². The number of aromatic nitrogens is 2. The largest absolute Gasteiger partial charge is 0.464 e. The standard InChI is InChI=1S/C20H24N4O2/c1-3-14(2)13-26-20(25)15(12-21)18-19(24-10-6-7-11-24)23-17-9-5-4-8-16(17)22-18/h4-5,8-9,14-15H,3,6-7,10-11,13H2,1-2H3/t14-,15+/m1/s1. The van der Waals surface area contributed by atoms with Gasteiger partial charge in [-0.25, -0.2) is 9.97 Å². The summed E-state index contributed by atoms with van der Waals surface area (Å²) in [6.45, 7) is 6.09. The van der Waals surface area contributed by atoms with Crippen LogP contribution in [0.3, 0.4) is 0 Å². The maximum Gasteiger partial charge on any atom is 0.329 e. The molecule has 0 amide bonds. The number of anilines is 1. The fourth-order valence-electron chi connectivity index (χ4n) is 3.01. The maximum absolute atomic E-state index is 12.6. The number of carbonyl (C=O) groups excluding carboxylic acids is 1. The van der Waals surface area contributed by atoms with Gasteiger partial charge in [-0.05, 0) is 30.9 Å². The van der Waals surface area contributed by atoms with E-state index in [0.29, 0.717) is 23.6 Å². The first-order valence-electron chi connectivity index (χ1n) is 9.22. The van der Waals surface area contributed by atoms with E-state index in [1.54, 1.807) is 0 Å². The van der Waals surface area contributed by atoms with E-state index >= 15 is 0 Å². The van der Waals surface area contributed by atoms with Gasteiger partial charge in [0.25, 0.3) is 0 Å². The Morgan fingerprint density at radius 2 is 1.92 bits per heavy atom. The maximum atomic E-state index is 12.6. The fraction of sp³-hybridized carbons (Fsp3) is 0.500. The molecule has 2 atom stereocenters. The number of benzene rings is 1. The van der Waals surface area contributed by atoms with Crippen molar-refractivity contribution < 1.29 is 9.53 Å². The zero-order valence-corrected chi connectivity index (χ0v) is 15.3. The summed E-state index contributed by atoms with van der Waals surface area (Å²) in [4.78, 5) is 24.0. The van der Waals surface area contributed by atoms with E-state index < -0.39 is 11.9 Å². The van der Waals surface area contributed by atoms with Crippen LogP contribution in [0.15, 0.2) is 24.3 Å². The molecule has 0 unspecified atom stereocenters. The average Bonchev–Trinajstić information content (AvgIpc) is 3.20. The summed E-state index contributed by atoms with van der Waals surface area (Å²) in [6, 6.07) is 9.61. The normalized spacial score (nSPS) is 16.3. The Hall–Kier alpha value is -2.68. The van der Waals surface area contributed by atoms with Crippen molar-refractivity contribution in [2.75, 3.05) is 24.6 Å². The molecule has 0 bridgehead atoms. The van der Waals surface area contributed by atoms with E-state index in [-0.39, 0.29) is 5.92 Å². The molecule has 0 aliphatic carbocycles. The smallest absolute Gasteiger partial charge is 0.329 e. The first-order valence-corrected chi connectivity index (χ1v) is 9.22. The molecule has 1 aliphatic rings. The molecule has 0 radical (unpaired) electrons. The van der Waals surface area contributed by atoms with Crippen molar-refractivity contribution in [1.29, 1.82) is 5.26 Å². The van der Waals surface area contributed by atoms with E-state index in [0.717, 1.165) is 37.9 Å². The van der Waals surface area contributed by atoms with Gasteiger partial charge < -0.3 is 9.64 Å². The quantitative estimate of drug-likeness (QED) is 0.741. The predicted octanol–water partition coefficient (Wildman–Crippen LogP) is 3.43. The van der Waals surface area contributed by atoms with Gasteiger partial charge in [-0.1, -0.05) is 32.4 Å². The second kappa shape index (κ2) is 8.13. The van der Waals surface area contributed by atoms with Gasteiger partial charge in [0.05, 0.1) is 23.7 Å². The lowest BCUT2D eigenvalue weighted by Gasteiger charge is -2.21. The van der Waals surface area contributed by atoms with Crippen molar-refractivity contribution in [1.82, 2.24) is 9.97 Å². The van der Waals surface area contributed by atoms with Gasteiger partial charge in [-0.15, -0.1) is 0 Å². The Morgan fingerprint density at radius 1 is 1.27 bits per heavy atom. The third-order valence-corrected chi connectivity index (χ3v) is 4.83. The highest BCUT2D eigenvalue weighted by Gasteiger charge is 2.31. The second-order valence-electron chi connectivity index (χ2n) is 6.82. The van der Waals surface area contributed by atoms with Crippen LogP contribution in [0.5, 0.6) is 0 Å². The molecule has 1 saturated heterocycles. The highest BCUT2D eigenvalue weighted by atomic mass is 16.5. The highest BCUT2D eigenvalue weighted by Crippen LogP contribution is 2.30. The molecule has 0 N–H and O–H groups in total. The minimum atomic E-state index is -1.06. The number of ether oxygens (including phenoxy) is 1. The van der Waals surface area contributed by atoms with Crippen LogP contribution in [0.4, 0.5) is 5.82 Å². The number of para-hydroxylation sites is 2. The predicted molar refractivity (Wildman–Crippen MR) is 99.8 cm³/mol. The minimum Gasteiger partial charge on any atom is -0.464 e. The summed E-state index contributed by atoms with van der Waals surface area (Å²) < 4.78 is 5.38. The summed E-state index contributed by atoms with van der Waals surface area (Å²) in [5, 5.41) is 9.67. The number of esters is 1. The van der Waals surface area contributed by atoms with Gasteiger partial charge in [0.15, 0.2) is 11.7 Å². The minimum absolute atomic E-state index is 0.263. The topological polar surface area (TPSA) is 79.1 Å². The van der Waals surface area contributed by atoms with Crippen LogP contribution in [-0.2, 0) is 9.53 Å². The fourth-order valence-corrected chi connectivity index (χ4v) is 3.01. The molecule has 0 spiro atoms. The molecule has 26 heavy (non-hydrogen) atoms. The van der Waals surface area contributed by atoms with Crippen molar-refractivity contribution in [3.63, 3.8) is 0 Å². The van der Waals surface area contributed by atoms with E-state index in [4.69, 9.17) is 9.72 Å². The number of fused-ring (bicyclic) bond motifs is 1. The third kappa shape index (κ3) is 3.77. The molecular formula is C20H24N4O2. The van der Waals surface area contributed by atoms with Crippen LogP contribution in [-0.4, -0.2) is 35.6 Å². The molecular weight excluding hydrogens is 328 g/mol. The number of hydrogen-bond acceptors (Lipinski definition) is 6.